The van der Waals surface area contributed by atoms with E-state index in [-0.39, 0.29) is 35.2 Å². The number of carbonyl (C=O) groups excluding carboxylic acids is 1. The molecule has 0 spiro atoms. The Labute approximate surface area is 216 Å². The first-order chi connectivity index (χ1) is 17.8. The standard InChI is InChI=1S/C26H28N6O4S/c1-4-18(20-11-8-12-37-20)28-21-22(29-19-14-27-13-17(23(19)33)25(35)31(2)3)26(36)32(30-24(21)34)15-16-9-6-5-7-10-16/h5-14,18,28-29H,4,15H2,1-3H3,(H,27,33)(H,30,34)/t18-/m1/s1. The number of hydrogen-bond acceptors (Lipinski definition) is 7. The Hall–Kier alpha value is -4.38. The Bertz CT molecular complexity index is 1550. The highest BCUT2D eigenvalue weighted by Gasteiger charge is 2.22. The van der Waals surface area contributed by atoms with Crippen LogP contribution in [0.15, 0.2) is 74.6 Å². The van der Waals surface area contributed by atoms with Gasteiger partial charge in [-0.1, -0.05) is 43.3 Å². The van der Waals surface area contributed by atoms with Crippen LogP contribution in [0.4, 0.5) is 17.1 Å². The SMILES string of the molecule is CC[C@@H](Nc1c(Nc2c[nH]cc(C(=O)N(C)C)c2=O)c(=O)n(Cc2ccccc2)[nH]c1=O)c1cccs1. The highest BCUT2D eigenvalue weighted by molar-refractivity contribution is 7.10. The van der Waals surface area contributed by atoms with Gasteiger partial charge in [0.05, 0.1) is 12.6 Å². The minimum atomic E-state index is -0.594. The molecule has 0 aliphatic heterocycles. The smallest absolute Gasteiger partial charge is 0.291 e. The van der Waals surface area contributed by atoms with E-state index >= 15 is 0 Å². The number of pyridine rings is 1. The number of nitrogens with one attached hydrogen (secondary N) is 4. The summed E-state index contributed by atoms with van der Waals surface area (Å²) in [6.07, 6.45) is 3.32. The maximum absolute atomic E-state index is 13.7. The van der Waals surface area contributed by atoms with E-state index in [4.69, 9.17) is 0 Å². The Kier molecular flexibility index (Phi) is 7.73. The van der Waals surface area contributed by atoms with Crippen LogP contribution in [0.3, 0.4) is 0 Å². The van der Waals surface area contributed by atoms with Gasteiger partial charge in [0, 0.05) is 31.4 Å². The number of amides is 1. The normalized spacial score (nSPS) is 11.6. The largest absolute Gasteiger partial charge is 0.371 e. The number of hydrogen-bond donors (Lipinski definition) is 4. The number of benzene rings is 1. The van der Waals surface area contributed by atoms with Crippen LogP contribution in [0.5, 0.6) is 0 Å². The molecule has 4 aromatic rings. The average Bonchev–Trinajstić information content (AvgIpc) is 3.43. The zero-order valence-electron chi connectivity index (χ0n) is 20.7. The maximum Gasteiger partial charge on any atom is 0.291 e. The lowest BCUT2D eigenvalue weighted by Crippen LogP contribution is -2.35. The summed E-state index contributed by atoms with van der Waals surface area (Å²) in [5.41, 5.74) is -1.04. The van der Waals surface area contributed by atoms with Gasteiger partial charge in [0.1, 0.15) is 22.6 Å². The van der Waals surface area contributed by atoms with Gasteiger partial charge in [0.15, 0.2) is 0 Å². The summed E-state index contributed by atoms with van der Waals surface area (Å²) >= 11 is 1.53. The van der Waals surface area contributed by atoms with E-state index in [1.807, 2.05) is 54.8 Å². The van der Waals surface area contributed by atoms with Crippen molar-refractivity contribution in [2.45, 2.75) is 25.9 Å². The van der Waals surface area contributed by atoms with E-state index in [1.165, 1.54) is 33.3 Å². The van der Waals surface area contributed by atoms with Crippen LogP contribution in [0.2, 0.25) is 0 Å². The summed E-state index contributed by atoms with van der Waals surface area (Å²) in [7, 11) is 3.08. The van der Waals surface area contributed by atoms with Crippen LogP contribution >= 0.6 is 11.3 Å². The number of aromatic amines is 2. The van der Waals surface area contributed by atoms with Gasteiger partial charge in [-0.25, -0.2) is 4.68 Å². The first kappa shape index (κ1) is 25.7. The molecular weight excluding hydrogens is 492 g/mol. The van der Waals surface area contributed by atoms with Crippen molar-refractivity contribution in [1.82, 2.24) is 19.7 Å². The Balaban J connectivity index is 1.84. The molecule has 37 heavy (non-hydrogen) atoms. The van der Waals surface area contributed by atoms with Gasteiger partial charge in [-0.05, 0) is 23.4 Å². The lowest BCUT2D eigenvalue weighted by atomic mass is 10.1. The van der Waals surface area contributed by atoms with E-state index in [9.17, 15) is 19.2 Å². The molecule has 1 aromatic carbocycles. The van der Waals surface area contributed by atoms with Crippen molar-refractivity contribution >= 4 is 34.3 Å². The highest BCUT2D eigenvalue weighted by Crippen LogP contribution is 2.27. The van der Waals surface area contributed by atoms with E-state index in [0.29, 0.717) is 6.42 Å². The topological polar surface area (TPSA) is 132 Å². The Morgan fingerprint density at radius 1 is 1.05 bits per heavy atom. The maximum atomic E-state index is 13.7. The molecular formula is C26H28N6O4S. The molecule has 0 saturated carbocycles. The molecule has 0 unspecified atom stereocenters. The molecule has 0 bridgehead atoms. The van der Waals surface area contributed by atoms with Crippen LogP contribution in [0, 0.1) is 0 Å². The summed E-state index contributed by atoms with van der Waals surface area (Å²) < 4.78 is 1.19. The van der Waals surface area contributed by atoms with Crippen molar-refractivity contribution in [3.63, 3.8) is 0 Å². The van der Waals surface area contributed by atoms with Gasteiger partial charge in [0.25, 0.3) is 17.0 Å². The fraction of sp³-hybridized carbons (Fsp3) is 0.231. The molecule has 4 rings (SSSR count). The fourth-order valence-corrected chi connectivity index (χ4v) is 4.73. The number of H-pyrrole nitrogens is 2. The number of aromatic nitrogens is 3. The van der Waals surface area contributed by atoms with Crippen LogP contribution in [0.25, 0.3) is 0 Å². The van der Waals surface area contributed by atoms with Gasteiger partial charge >= 0.3 is 0 Å². The zero-order valence-corrected chi connectivity index (χ0v) is 21.5. The third-order valence-corrected chi connectivity index (χ3v) is 6.80. The second-order valence-electron chi connectivity index (χ2n) is 8.62. The van der Waals surface area contributed by atoms with Crippen LogP contribution < -0.4 is 27.2 Å². The summed E-state index contributed by atoms with van der Waals surface area (Å²) in [4.78, 5) is 57.6. The zero-order chi connectivity index (χ0) is 26.5. The van der Waals surface area contributed by atoms with Gasteiger partial charge < -0.3 is 20.5 Å². The minimum Gasteiger partial charge on any atom is -0.371 e. The molecule has 10 nitrogen and oxygen atoms in total. The first-order valence-electron chi connectivity index (χ1n) is 11.7. The first-order valence-corrected chi connectivity index (χ1v) is 12.6. The molecule has 0 fully saturated rings. The second-order valence-corrected chi connectivity index (χ2v) is 9.60. The van der Waals surface area contributed by atoms with Crippen molar-refractivity contribution in [3.8, 4) is 0 Å². The molecule has 0 aliphatic rings. The number of anilines is 3. The number of nitrogens with zero attached hydrogens (tertiary/aromatic N) is 2. The monoisotopic (exact) mass is 520 g/mol. The Morgan fingerprint density at radius 2 is 1.81 bits per heavy atom. The van der Waals surface area contributed by atoms with Gasteiger partial charge in [-0.2, -0.15) is 0 Å². The molecule has 1 amide bonds. The molecule has 11 heteroatoms. The van der Waals surface area contributed by atoms with E-state index in [2.05, 4.69) is 20.7 Å². The number of carbonyl (C=O) groups is 1. The van der Waals surface area contributed by atoms with Gasteiger partial charge in [-0.3, -0.25) is 24.3 Å². The molecule has 0 radical (unpaired) electrons. The summed E-state index contributed by atoms with van der Waals surface area (Å²) in [5, 5.41) is 10.7. The minimum absolute atomic E-state index is 0.0123. The summed E-state index contributed by atoms with van der Waals surface area (Å²) in [6.45, 7) is 2.10. The lowest BCUT2D eigenvalue weighted by Gasteiger charge is -2.20. The third-order valence-electron chi connectivity index (χ3n) is 5.81. The van der Waals surface area contributed by atoms with E-state index in [0.717, 1.165) is 10.4 Å². The predicted octanol–water partition coefficient (Wildman–Crippen LogP) is 3.34. The number of thiophene rings is 1. The average molecular weight is 521 g/mol. The van der Waals surface area contributed by atoms with Crippen molar-refractivity contribution < 1.29 is 4.79 Å². The summed E-state index contributed by atoms with van der Waals surface area (Å²) in [6, 6.07) is 12.9. The van der Waals surface area contributed by atoms with Crippen LogP contribution in [-0.4, -0.2) is 39.7 Å². The summed E-state index contributed by atoms with van der Waals surface area (Å²) in [5.74, 6) is -0.487. The third kappa shape index (κ3) is 5.56. The quantitative estimate of drug-likeness (QED) is 0.268. The van der Waals surface area contributed by atoms with Crippen LogP contribution in [-0.2, 0) is 6.54 Å². The van der Waals surface area contributed by atoms with Gasteiger partial charge in [-0.15, -0.1) is 11.3 Å². The van der Waals surface area contributed by atoms with Crippen molar-refractivity contribution in [2.75, 3.05) is 24.7 Å². The fourth-order valence-electron chi connectivity index (χ4n) is 3.87. The number of rotatable bonds is 9. The molecule has 3 aromatic heterocycles. The highest BCUT2D eigenvalue weighted by atomic mass is 32.1. The van der Waals surface area contributed by atoms with Crippen molar-refractivity contribution in [2.24, 2.45) is 0 Å². The lowest BCUT2D eigenvalue weighted by molar-refractivity contribution is 0.0826. The Morgan fingerprint density at radius 3 is 2.46 bits per heavy atom. The van der Waals surface area contributed by atoms with Crippen molar-refractivity contribution in [1.29, 1.82) is 0 Å². The molecule has 0 saturated heterocycles. The molecule has 192 valence electrons. The van der Waals surface area contributed by atoms with Crippen LogP contribution in [0.1, 0.15) is 40.2 Å². The van der Waals surface area contributed by atoms with Gasteiger partial charge in [0.2, 0.25) is 5.43 Å². The predicted molar refractivity (Wildman–Crippen MR) is 146 cm³/mol. The molecule has 1 atom stereocenters. The van der Waals surface area contributed by atoms with E-state index in [1.54, 1.807) is 14.1 Å². The second kappa shape index (κ2) is 11.1. The van der Waals surface area contributed by atoms with E-state index < -0.39 is 22.5 Å². The molecule has 3 heterocycles. The van der Waals surface area contributed by atoms with Crippen molar-refractivity contribution in [3.05, 3.63) is 107 Å². The molecule has 0 aliphatic carbocycles. The molecule has 4 N–H and O–H groups in total.